The standard InChI is InChI=1S/C11H12Cl2N2O2/c1-7-2-3-8(13)6-9(7)15-11(17)10(16)14-5-4-12/h2-3,6H,4-5H2,1H3,(H,14,16)(H,15,17). The van der Waals surface area contributed by atoms with E-state index in [0.717, 1.165) is 5.56 Å². The monoisotopic (exact) mass is 274 g/mol. The van der Waals surface area contributed by atoms with Crippen molar-refractivity contribution >= 4 is 40.7 Å². The topological polar surface area (TPSA) is 58.2 Å². The summed E-state index contributed by atoms with van der Waals surface area (Å²) in [4.78, 5) is 22.8. The van der Waals surface area contributed by atoms with Gasteiger partial charge in [-0.1, -0.05) is 17.7 Å². The number of benzene rings is 1. The molecule has 4 nitrogen and oxygen atoms in total. The van der Waals surface area contributed by atoms with Gasteiger partial charge < -0.3 is 10.6 Å². The molecule has 0 saturated heterocycles. The van der Waals surface area contributed by atoms with Crippen molar-refractivity contribution in [2.75, 3.05) is 17.7 Å². The molecular formula is C11H12Cl2N2O2. The van der Waals surface area contributed by atoms with Crippen LogP contribution in [-0.2, 0) is 9.59 Å². The van der Waals surface area contributed by atoms with E-state index in [1.165, 1.54) is 0 Å². The number of nitrogens with one attached hydrogen (secondary N) is 2. The zero-order valence-electron chi connectivity index (χ0n) is 9.22. The van der Waals surface area contributed by atoms with Gasteiger partial charge in [0.15, 0.2) is 0 Å². The molecule has 6 heteroatoms. The summed E-state index contributed by atoms with van der Waals surface area (Å²) < 4.78 is 0. The summed E-state index contributed by atoms with van der Waals surface area (Å²) in [7, 11) is 0. The number of hydrogen-bond acceptors (Lipinski definition) is 2. The van der Waals surface area contributed by atoms with Crippen molar-refractivity contribution in [2.45, 2.75) is 6.92 Å². The Morgan fingerprint density at radius 1 is 1.29 bits per heavy atom. The molecule has 0 bridgehead atoms. The van der Waals surface area contributed by atoms with Crippen molar-refractivity contribution < 1.29 is 9.59 Å². The number of hydrogen-bond donors (Lipinski definition) is 2. The lowest BCUT2D eigenvalue weighted by atomic mass is 10.2. The second-order valence-electron chi connectivity index (χ2n) is 3.36. The van der Waals surface area contributed by atoms with Crippen LogP contribution in [0.25, 0.3) is 0 Å². The molecule has 0 aromatic heterocycles. The van der Waals surface area contributed by atoms with Crippen LogP contribution >= 0.6 is 23.2 Å². The van der Waals surface area contributed by atoms with Crippen molar-refractivity contribution in [3.05, 3.63) is 28.8 Å². The maximum absolute atomic E-state index is 11.5. The van der Waals surface area contributed by atoms with Crippen molar-refractivity contribution in [3.8, 4) is 0 Å². The van der Waals surface area contributed by atoms with Crippen molar-refractivity contribution in [1.82, 2.24) is 5.32 Å². The van der Waals surface area contributed by atoms with Crippen LogP contribution in [-0.4, -0.2) is 24.2 Å². The first kappa shape index (κ1) is 13.8. The summed E-state index contributed by atoms with van der Waals surface area (Å²) in [6, 6.07) is 5.05. The third kappa shape index (κ3) is 4.24. The number of aryl methyl sites for hydroxylation is 1. The number of amides is 2. The predicted molar refractivity (Wildman–Crippen MR) is 68.5 cm³/mol. The fraction of sp³-hybridized carbons (Fsp3) is 0.273. The van der Waals surface area contributed by atoms with Gasteiger partial charge in [-0.05, 0) is 24.6 Å². The highest BCUT2D eigenvalue weighted by Gasteiger charge is 2.13. The molecule has 0 radical (unpaired) electrons. The Balaban J connectivity index is 2.67. The normalized spacial score (nSPS) is 9.82. The van der Waals surface area contributed by atoms with E-state index in [2.05, 4.69) is 10.6 Å². The predicted octanol–water partition coefficient (Wildman–Crippen LogP) is 1.94. The maximum atomic E-state index is 11.5. The highest BCUT2D eigenvalue weighted by Crippen LogP contribution is 2.19. The summed E-state index contributed by atoms with van der Waals surface area (Å²) in [5, 5.41) is 5.34. The Morgan fingerprint density at radius 2 is 2.00 bits per heavy atom. The molecule has 17 heavy (non-hydrogen) atoms. The average Bonchev–Trinajstić information content (AvgIpc) is 2.30. The summed E-state index contributed by atoms with van der Waals surface area (Å²) >= 11 is 11.2. The number of alkyl halides is 1. The molecule has 0 atom stereocenters. The number of anilines is 1. The SMILES string of the molecule is Cc1ccc(Cl)cc1NC(=O)C(=O)NCCCl. The third-order valence-corrected chi connectivity index (χ3v) is 2.46. The summed E-state index contributed by atoms with van der Waals surface area (Å²) in [6.07, 6.45) is 0. The van der Waals surface area contributed by atoms with Gasteiger partial charge in [0, 0.05) is 23.1 Å². The fourth-order valence-electron chi connectivity index (χ4n) is 1.15. The van der Waals surface area contributed by atoms with Gasteiger partial charge in [0.05, 0.1) is 0 Å². The van der Waals surface area contributed by atoms with Crippen molar-refractivity contribution in [3.63, 3.8) is 0 Å². The van der Waals surface area contributed by atoms with Gasteiger partial charge in [0.2, 0.25) is 0 Å². The smallest absolute Gasteiger partial charge is 0.313 e. The Labute approximate surface area is 109 Å². The molecule has 1 aromatic carbocycles. The van der Waals surface area contributed by atoms with Crippen LogP contribution in [0.1, 0.15) is 5.56 Å². The van der Waals surface area contributed by atoms with Gasteiger partial charge in [0.1, 0.15) is 0 Å². The van der Waals surface area contributed by atoms with Crippen molar-refractivity contribution in [1.29, 1.82) is 0 Å². The van der Waals surface area contributed by atoms with E-state index in [9.17, 15) is 9.59 Å². The fourth-order valence-corrected chi connectivity index (χ4v) is 1.42. The number of rotatable bonds is 3. The van der Waals surface area contributed by atoms with Gasteiger partial charge >= 0.3 is 11.8 Å². The van der Waals surface area contributed by atoms with Crippen LogP contribution in [0.5, 0.6) is 0 Å². The molecule has 1 rings (SSSR count). The van der Waals surface area contributed by atoms with E-state index in [-0.39, 0.29) is 12.4 Å². The number of carbonyl (C=O) groups excluding carboxylic acids is 2. The lowest BCUT2D eigenvalue weighted by Crippen LogP contribution is -2.36. The third-order valence-electron chi connectivity index (χ3n) is 2.03. The van der Waals surface area contributed by atoms with Crippen LogP contribution in [0.2, 0.25) is 5.02 Å². The van der Waals surface area contributed by atoms with Crippen molar-refractivity contribution in [2.24, 2.45) is 0 Å². The largest absolute Gasteiger partial charge is 0.347 e. The second kappa shape index (κ2) is 6.47. The molecule has 0 spiro atoms. The highest BCUT2D eigenvalue weighted by molar-refractivity contribution is 6.40. The second-order valence-corrected chi connectivity index (χ2v) is 4.17. The maximum Gasteiger partial charge on any atom is 0.313 e. The molecular weight excluding hydrogens is 263 g/mol. The molecule has 2 N–H and O–H groups in total. The van der Waals surface area contributed by atoms with E-state index < -0.39 is 11.8 Å². The molecule has 0 saturated carbocycles. The Bertz CT molecular complexity index is 435. The summed E-state index contributed by atoms with van der Waals surface area (Å²) in [5.74, 6) is -1.19. The van der Waals surface area contributed by atoms with Crippen LogP contribution in [0.4, 0.5) is 5.69 Å². The van der Waals surface area contributed by atoms with E-state index in [1.54, 1.807) is 18.2 Å². The van der Waals surface area contributed by atoms with Crippen LogP contribution in [0, 0.1) is 6.92 Å². The van der Waals surface area contributed by atoms with Gasteiger partial charge in [-0.2, -0.15) is 0 Å². The lowest BCUT2D eigenvalue weighted by molar-refractivity contribution is -0.136. The van der Waals surface area contributed by atoms with E-state index in [1.807, 2.05) is 6.92 Å². The molecule has 2 amide bonds. The highest BCUT2D eigenvalue weighted by atomic mass is 35.5. The molecule has 0 aliphatic carbocycles. The first-order chi connectivity index (χ1) is 8.04. The quantitative estimate of drug-likeness (QED) is 0.654. The Hall–Kier alpha value is -1.26. The Morgan fingerprint density at radius 3 is 2.65 bits per heavy atom. The van der Waals surface area contributed by atoms with Gasteiger partial charge in [-0.3, -0.25) is 9.59 Å². The van der Waals surface area contributed by atoms with Crippen LogP contribution < -0.4 is 10.6 Å². The number of halogens is 2. The molecule has 0 aliphatic rings. The van der Waals surface area contributed by atoms with E-state index in [0.29, 0.717) is 10.7 Å². The summed E-state index contributed by atoms with van der Waals surface area (Å²) in [6.45, 7) is 2.06. The van der Waals surface area contributed by atoms with Gasteiger partial charge in [0.25, 0.3) is 0 Å². The van der Waals surface area contributed by atoms with Crippen LogP contribution in [0.15, 0.2) is 18.2 Å². The number of carbonyl (C=O) groups is 2. The summed E-state index contributed by atoms with van der Waals surface area (Å²) in [5.41, 5.74) is 1.34. The molecule has 92 valence electrons. The average molecular weight is 275 g/mol. The molecule has 1 aromatic rings. The minimum absolute atomic E-state index is 0.252. The van der Waals surface area contributed by atoms with Crippen LogP contribution in [0.3, 0.4) is 0 Å². The minimum Gasteiger partial charge on any atom is -0.347 e. The first-order valence-electron chi connectivity index (χ1n) is 4.96. The zero-order chi connectivity index (χ0) is 12.8. The Kier molecular flexibility index (Phi) is 5.25. The molecule has 0 heterocycles. The van der Waals surface area contributed by atoms with Gasteiger partial charge in [-0.25, -0.2) is 0 Å². The lowest BCUT2D eigenvalue weighted by Gasteiger charge is -2.08. The molecule has 0 fully saturated rings. The van der Waals surface area contributed by atoms with E-state index >= 15 is 0 Å². The molecule has 0 aliphatic heterocycles. The zero-order valence-corrected chi connectivity index (χ0v) is 10.7. The van der Waals surface area contributed by atoms with Gasteiger partial charge in [-0.15, -0.1) is 11.6 Å². The minimum atomic E-state index is -0.736. The molecule has 0 unspecified atom stereocenters. The van der Waals surface area contributed by atoms with E-state index in [4.69, 9.17) is 23.2 Å². The first-order valence-corrected chi connectivity index (χ1v) is 5.87.